The van der Waals surface area contributed by atoms with Crippen LogP contribution < -0.4 is 0 Å². The van der Waals surface area contributed by atoms with E-state index in [9.17, 15) is 14.4 Å². The molecule has 0 saturated carbocycles. The molecule has 0 aliphatic heterocycles. The summed E-state index contributed by atoms with van der Waals surface area (Å²) in [6.07, 6.45) is -3.81. The fourth-order valence-corrected chi connectivity index (χ4v) is 0.624. The van der Waals surface area contributed by atoms with E-state index in [2.05, 4.69) is 14.2 Å². The molecule has 0 aromatic heterocycles. The average Bonchev–Trinajstić information content (AvgIpc) is 2.22. The van der Waals surface area contributed by atoms with Crippen molar-refractivity contribution in [3.05, 3.63) is 0 Å². The summed E-state index contributed by atoms with van der Waals surface area (Å²) in [6, 6.07) is 0. The van der Waals surface area contributed by atoms with Crippen LogP contribution >= 0.6 is 0 Å². The SMILES string of the molecule is [2H]C([2H])(CC([2H])([2H])C(=O)OCC(=O)OCC)OC(C)=O. The van der Waals surface area contributed by atoms with E-state index in [0.717, 1.165) is 6.92 Å². The first-order valence-electron chi connectivity index (χ1n) is 6.52. The first-order valence-corrected chi connectivity index (χ1v) is 4.52. The molecule has 0 aromatic carbocycles. The van der Waals surface area contributed by atoms with E-state index >= 15 is 0 Å². The van der Waals surface area contributed by atoms with E-state index in [1.807, 2.05) is 0 Å². The molecule has 0 aliphatic rings. The van der Waals surface area contributed by atoms with Crippen molar-refractivity contribution >= 4 is 17.9 Å². The van der Waals surface area contributed by atoms with Gasteiger partial charge in [-0.1, -0.05) is 0 Å². The maximum atomic E-state index is 11.4. The zero-order chi connectivity index (χ0) is 16.0. The lowest BCUT2D eigenvalue weighted by molar-refractivity contribution is -0.158. The van der Waals surface area contributed by atoms with Gasteiger partial charge in [0, 0.05) is 16.0 Å². The number of ether oxygens (including phenoxy) is 3. The van der Waals surface area contributed by atoms with E-state index in [4.69, 9.17) is 5.48 Å². The Balaban J connectivity index is 4.51. The van der Waals surface area contributed by atoms with Crippen molar-refractivity contribution in [1.29, 1.82) is 0 Å². The predicted octanol–water partition coefficient (Wildman–Crippen LogP) is 0.436. The van der Waals surface area contributed by atoms with Crippen molar-refractivity contribution in [1.82, 2.24) is 0 Å². The Morgan fingerprint density at radius 3 is 2.38 bits per heavy atom. The summed E-state index contributed by atoms with van der Waals surface area (Å²) in [5, 5.41) is 0. The molecule has 0 unspecified atom stereocenters. The quantitative estimate of drug-likeness (QED) is 0.471. The first-order chi connectivity index (χ1) is 9.00. The van der Waals surface area contributed by atoms with Gasteiger partial charge < -0.3 is 14.2 Å². The van der Waals surface area contributed by atoms with Gasteiger partial charge in [0.15, 0.2) is 6.61 Å². The standard InChI is InChI=1S/C10H16O6/c1-3-14-10(13)7-16-9(12)5-4-6-15-8(2)11/h3-7H2,1-2H3/i5D2,6D2. The largest absolute Gasteiger partial charge is 0.466 e. The summed E-state index contributed by atoms with van der Waals surface area (Å²) in [5.74, 6) is -3.24. The zero-order valence-corrected chi connectivity index (χ0v) is 9.07. The van der Waals surface area contributed by atoms with Gasteiger partial charge in [0.05, 0.1) is 15.9 Å². The lowest BCUT2D eigenvalue weighted by Gasteiger charge is -2.04. The van der Waals surface area contributed by atoms with Crippen molar-refractivity contribution in [2.75, 3.05) is 19.8 Å². The van der Waals surface area contributed by atoms with Crippen LogP contribution in [0.1, 0.15) is 32.1 Å². The van der Waals surface area contributed by atoms with Crippen LogP contribution in [0.3, 0.4) is 0 Å². The van der Waals surface area contributed by atoms with E-state index in [-0.39, 0.29) is 6.61 Å². The van der Waals surface area contributed by atoms with Gasteiger partial charge in [-0.05, 0) is 13.3 Å². The van der Waals surface area contributed by atoms with Gasteiger partial charge >= 0.3 is 17.9 Å². The van der Waals surface area contributed by atoms with Crippen LogP contribution in [0.15, 0.2) is 0 Å². The highest BCUT2D eigenvalue weighted by Crippen LogP contribution is 1.94. The highest BCUT2D eigenvalue weighted by Gasteiger charge is 2.07. The molecule has 0 saturated heterocycles. The molecule has 0 heterocycles. The number of esters is 3. The Kier molecular flexibility index (Phi) is 4.65. The van der Waals surface area contributed by atoms with Crippen LogP contribution in [0, 0.1) is 0 Å². The maximum Gasteiger partial charge on any atom is 0.344 e. The van der Waals surface area contributed by atoms with Gasteiger partial charge in [-0.3, -0.25) is 9.59 Å². The highest BCUT2D eigenvalue weighted by molar-refractivity contribution is 5.76. The van der Waals surface area contributed by atoms with Crippen LogP contribution in [-0.4, -0.2) is 37.7 Å². The van der Waals surface area contributed by atoms with Crippen LogP contribution in [-0.2, 0) is 28.6 Å². The third kappa shape index (κ3) is 8.98. The van der Waals surface area contributed by atoms with Gasteiger partial charge in [0.2, 0.25) is 0 Å². The van der Waals surface area contributed by atoms with Gasteiger partial charge in [-0.2, -0.15) is 0 Å². The smallest absolute Gasteiger partial charge is 0.344 e. The lowest BCUT2D eigenvalue weighted by atomic mass is 10.3. The average molecular weight is 236 g/mol. The Bertz CT molecular complexity index is 382. The van der Waals surface area contributed by atoms with Crippen LogP contribution in [0.25, 0.3) is 0 Å². The molecule has 0 aromatic rings. The summed E-state index contributed by atoms with van der Waals surface area (Å²) < 4.78 is 42.4. The molecule has 0 amide bonds. The molecule has 0 fully saturated rings. The Morgan fingerprint density at radius 1 is 1.12 bits per heavy atom. The minimum atomic E-state index is -2.76. The topological polar surface area (TPSA) is 78.9 Å². The number of hydrogen-bond acceptors (Lipinski definition) is 6. The Morgan fingerprint density at radius 2 is 1.81 bits per heavy atom. The van der Waals surface area contributed by atoms with Gasteiger partial charge in [-0.15, -0.1) is 0 Å². The van der Waals surface area contributed by atoms with E-state index in [1.165, 1.54) is 0 Å². The highest BCUT2D eigenvalue weighted by atomic mass is 16.6. The number of hydrogen-bond donors (Lipinski definition) is 0. The molecule has 0 rings (SSSR count). The monoisotopic (exact) mass is 236 g/mol. The second-order valence-electron chi connectivity index (χ2n) is 2.47. The predicted molar refractivity (Wildman–Crippen MR) is 53.5 cm³/mol. The first kappa shape index (κ1) is 8.55. The van der Waals surface area contributed by atoms with Crippen molar-refractivity contribution in [3.63, 3.8) is 0 Å². The van der Waals surface area contributed by atoms with E-state index in [0.29, 0.717) is 0 Å². The molecule has 0 spiro atoms. The summed E-state index contributed by atoms with van der Waals surface area (Å²) in [7, 11) is 0. The summed E-state index contributed by atoms with van der Waals surface area (Å²) in [5.41, 5.74) is 0. The fourth-order valence-electron chi connectivity index (χ4n) is 0.624. The molecule has 0 N–H and O–H groups in total. The molecule has 0 bridgehead atoms. The third-order valence-corrected chi connectivity index (χ3v) is 1.15. The van der Waals surface area contributed by atoms with Crippen molar-refractivity contribution in [3.8, 4) is 0 Å². The molecule has 0 radical (unpaired) electrons. The minimum absolute atomic E-state index is 0.0816. The van der Waals surface area contributed by atoms with Crippen molar-refractivity contribution < 1.29 is 34.1 Å². The molecule has 6 heteroatoms. The second kappa shape index (κ2) is 8.70. The van der Waals surface area contributed by atoms with E-state index in [1.54, 1.807) is 6.92 Å². The molecule has 0 atom stereocenters. The summed E-state index contributed by atoms with van der Waals surface area (Å²) >= 11 is 0. The summed E-state index contributed by atoms with van der Waals surface area (Å²) in [4.78, 5) is 33.0. The fraction of sp³-hybridized carbons (Fsp3) is 0.700. The molecular formula is C10H16O6. The van der Waals surface area contributed by atoms with Crippen LogP contribution in [0.5, 0.6) is 0 Å². The Hall–Kier alpha value is -1.59. The zero-order valence-electron chi connectivity index (χ0n) is 13.1. The molecule has 92 valence electrons. The van der Waals surface area contributed by atoms with Gasteiger partial charge in [-0.25, -0.2) is 4.79 Å². The van der Waals surface area contributed by atoms with Crippen LogP contribution in [0.4, 0.5) is 0 Å². The molecule has 6 nitrogen and oxygen atoms in total. The number of carbonyl (C=O) groups excluding carboxylic acids is 3. The van der Waals surface area contributed by atoms with Gasteiger partial charge in [0.1, 0.15) is 0 Å². The minimum Gasteiger partial charge on any atom is -0.466 e. The lowest BCUT2D eigenvalue weighted by Crippen LogP contribution is -2.16. The molecule has 16 heavy (non-hydrogen) atoms. The molecular weight excluding hydrogens is 216 g/mol. The molecule has 0 aliphatic carbocycles. The normalized spacial score (nSPS) is 14.9. The van der Waals surface area contributed by atoms with Crippen molar-refractivity contribution in [2.24, 2.45) is 0 Å². The van der Waals surface area contributed by atoms with Gasteiger partial charge in [0.25, 0.3) is 0 Å². The van der Waals surface area contributed by atoms with Crippen molar-refractivity contribution in [2.45, 2.75) is 26.6 Å². The Labute approximate surface area is 99.5 Å². The van der Waals surface area contributed by atoms with E-state index < -0.39 is 43.9 Å². The third-order valence-electron chi connectivity index (χ3n) is 1.15. The maximum absolute atomic E-state index is 11.4. The summed E-state index contributed by atoms with van der Waals surface area (Å²) in [6.45, 7) is -0.863. The second-order valence-corrected chi connectivity index (χ2v) is 2.47. The van der Waals surface area contributed by atoms with Crippen LogP contribution in [0.2, 0.25) is 0 Å². The number of rotatable bonds is 7. The number of carbonyl (C=O) groups is 3.